The molecule has 0 saturated heterocycles. The molecule has 0 amide bonds. The van der Waals surface area contributed by atoms with Crippen LogP contribution in [0, 0.1) is 0 Å². The zero-order valence-corrected chi connectivity index (χ0v) is 6.91. The average molecular weight is 171 g/mol. The first-order valence-corrected chi connectivity index (χ1v) is 3.86. The summed E-state index contributed by atoms with van der Waals surface area (Å²) >= 11 is 1.63. The Bertz CT molecular complexity index is 179. The second-order valence-corrected chi connectivity index (χ2v) is 2.38. The number of allylic oxidation sites excluding steroid dienone is 1. The Balaban J connectivity index is 0.000000218. The van der Waals surface area contributed by atoms with Gasteiger partial charge in [-0.3, -0.25) is 9.79 Å². The largest absolute Gasteiger partial charge is 0.481 e. The van der Waals surface area contributed by atoms with E-state index < -0.39 is 5.97 Å². The van der Waals surface area contributed by atoms with Gasteiger partial charge in [-0.2, -0.15) is 0 Å². The lowest BCUT2D eigenvalue weighted by Crippen LogP contribution is -1.78. The standard InChI is InChI=1S/C5H5NS.C2H4O2/c1-2-6-3-5-7-4-1;1-2(3)4/h1-5H;1H3,(H,3,4). The number of hydrogen-bond donors (Lipinski definition) is 1. The summed E-state index contributed by atoms with van der Waals surface area (Å²) in [5.74, 6) is -0.833. The predicted octanol–water partition coefficient (Wildman–Crippen LogP) is 1.88. The van der Waals surface area contributed by atoms with E-state index >= 15 is 0 Å². The van der Waals surface area contributed by atoms with Crippen LogP contribution in [0.4, 0.5) is 0 Å². The van der Waals surface area contributed by atoms with E-state index in [1.165, 1.54) is 0 Å². The summed E-state index contributed by atoms with van der Waals surface area (Å²) in [6.07, 6.45) is 5.44. The molecule has 1 aliphatic rings. The molecule has 0 saturated carbocycles. The molecule has 0 spiro atoms. The Morgan fingerprint density at radius 3 is 2.82 bits per heavy atom. The lowest BCUT2D eigenvalue weighted by molar-refractivity contribution is -0.134. The van der Waals surface area contributed by atoms with Crippen molar-refractivity contribution in [3.8, 4) is 0 Å². The minimum atomic E-state index is -0.833. The molecule has 0 unspecified atom stereocenters. The smallest absolute Gasteiger partial charge is 0.300 e. The van der Waals surface area contributed by atoms with E-state index in [4.69, 9.17) is 9.90 Å². The molecule has 0 radical (unpaired) electrons. The van der Waals surface area contributed by atoms with Crippen LogP contribution in [-0.4, -0.2) is 17.3 Å². The van der Waals surface area contributed by atoms with Crippen molar-refractivity contribution in [2.24, 2.45) is 4.99 Å². The van der Waals surface area contributed by atoms with Gasteiger partial charge in [0.25, 0.3) is 5.97 Å². The summed E-state index contributed by atoms with van der Waals surface area (Å²) in [6.45, 7) is 1.08. The zero-order chi connectivity index (χ0) is 8.53. The van der Waals surface area contributed by atoms with E-state index in [1.807, 2.05) is 16.9 Å². The van der Waals surface area contributed by atoms with E-state index in [9.17, 15) is 0 Å². The monoisotopic (exact) mass is 171 g/mol. The molecule has 0 fully saturated rings. The van der Waals surface area contributed by atoms with Gasteiger partial charge in [0.15, 0.2) is 0 Å². The number of rotatable bonds is 0. The molecule has 0 aliphatic carbocycles. The minimum absolute atomic E-state index is 0.833. The molecule has 1 heterocycles. The van der Waals surface area contributed by atoms with Crippen LogP contribution >= 0.6 is 11.8 Å². The van der Waals surface area contributed by atoms with Gasteiger partial charge in [0.05, 0.1) is 0 Å². The molecule has 0 aromatic heterocycles. The Hall–Kier alpha value is -1.03. The summed E-state index contributed by atoms with van der Waals surface area (Å²) in [5.41, 5.74) is 0. The van der Waals surface area contributed by atoms with Crippen molar-refractivity contribution in [1.82, 2.24) is 0 Å². The van der Waals surface area contributed by atoms with Gasteiger partial charge in [-0.25, -0.2) is 0 Å². The van der Waals surface area contributed by atoms with Crippen LogP contribution in [0.25, 0.3) is 0 Å². The molecule has 0 aromatic carbocycles. The minimum Gasteiger partial charge on any atom is -0.481 e. The van der Waals surface area contributed by atoms with Gasteiger partial charge in [0.2, 0.25) is 0 Å². The van der Waals surface area contributed by atoms with Crippen molar-refractivity contribution in [1.29, 1.82) is 0 Å². The van der Waals surface area contributed by atoms with E-state index in [0.29, 0.717) is 0 Å². The Morgan fingerprint density at radius 2 is 2.18 bits per heavy atom. The molecular weight excluding hydrogens is 162 g/mol. The third-order valence-corrected chi connectivity index (χ3v) is 1.15. The maximum atomic E-state index is 9.00. The summed E-state index contributed by atoms with van der Waals surface area (Å²) in [6, 6.07) is 0. The topological polar surface area (TPSA) is 49.7 Å². The SMILES string of the molecule is C1=CSC=CN=C1.CC(=O)O. The highest BCUT2D eigenvalue weighted by atomic mass is 32.2. The molecule has 0 bridgehead atoms. The van der Waals surface area contributed by atoms with E-state index in [1.54, 1.807) is 24.2 Å². The molecule has 0 aromatic rings. The van der Waals surface area contributed by atoms with Gasteiger partial charge in [0, 0.05) is 19.3 Å². The van der Waals surface area contributed by atoms with Gasteiger partial charge in [-0.1, -0.05) is 0 Å². The molecule has 4 heteroatoms. The number of nitrogens with zero attached hydrogens (tertiary/aromatic N) is 1. The lowest BCUT2D eigenvalue weighted by atomic mass is 10.7. The van der Waals surface area contributed by atoms with Crippen LogP contribution in [0.2, 0.25) is 0 Å². The summed E-state index contributed by atoms with van der Waals surface area (Å²) in [7, 11) is 0. The maximum absolute atomic E-state index is 9.00. The molecule has 3 nitrogen and oxygen atoms in total. The number of aliphatic carboxylic acids is 1. The van der Waals surface area contributed by atoms with Crippen LogP contribution in [0.5, 0.6) is 0 Å². The van der Waals surface area contributed by atoms with Crippen molar-refractivity contribution < 1.29 is 9.90 Å². The van der Waals surface area contributed by atoms with Crippen molar-refractivity contribution in [2.75, 3.05) is 0 Å². The molecule has 60 valence electrons. The second-order valence-electron chi connectivity index (χ2n) is 1.57. The van der Waals surface area contributed by atoms with Gasteiger partial charge >= 0.3 is 0 Å². The highest BCUT2D eigenvalue weighted by molar-refractivity contribution is 8.04. The average Bonchev–Trinajstić information content (AvgIpc) is 2.13. The fourth-order valence-electron chi connectivity index (χ4n) is 0.296. The zero-order valence-electron chi connectivity index (χ0n) is 6.10. The quantitative estimate of drug-likeness (QED) is 0.605. The number of carboxylic acid groups (broad SMARTS) is 1. The van der Waals surface area contributed by atoms with Gasteiger partial charge in [0.1, 0.15) is 0 Å². The van der Waals surface area contributed by atoms with Crippen molar-refractivity contribution in [3.63, 3.8) is 0 Å². The molecule has 1 aliphatic heterocycles. The molecule has 1 rings (SSSR count). The Kier molecular flexibility index (Phi) is 6.42. The van der Waals surface area contributed by atoms with E-state index in [2.05, 4.69) is 4.99 Å². The third kappa shape index (κ3) is 12.2. The molecule has 0 atom stereocenters. The number of carboxylic acids is 1. The highest BCUT2D eigenvalue weighted by Gasteiger charge is 1.71. The van der Waals surface area contributed by atoms with Crippen LogP contribution < -0.4 is 0 Å². The van der Waals surface area contributed by atoms with E-state index in [0.717, 1.165) is 6.92 Å². The number of carbonyl (C=O) groups is 1. The first-order valence-electron chi connectivity index (χ1n) is 2.92. The lowest BCUT2D eigenvalue weighted by Gasteiger charge is -1.68. The third-order valence-electron chi connectivity index (χ3n) is 0.555. The number of aliphatic imine (C=N–C) groups is 1. The number of hydrogen-bond acceptors (Lipinski definition) is 3. The fourth-order valence-corrected chi connectivity index (χ4v) is 0.688. The molecular formula is C7H9NO2S. The molecule has 11 heavy (non-hydrogen) atoms. The Morgan fingerprint density at radius 1 is 1.55 bits per heavy atom. The van der Waals surface area contributed by atoms with Crippen LogP contribution in [-0.2, 0) is 4.79 Å². The van der Waals surface area contributed by atoms with Crippen LogP contribution in [0.1, 0.15) is 6.92 Å². The Labute approximate surface area is 69.5 Å². The summed E-state index contributed by atoms with van der Waals surface area (Å²) < 4.78 is 0. The number of thioether (sulfide) groups is 1. The maximum Gasteiger partial charge on any atom is 0.300 e. The van der Waals surface area contributed by atoms with Gasteiger partial charge in [-0.05, 0) is 16.9 Å². The molecule has 1 N–H and O–H groups in total. The van der Waals surface area contributed by atoms with Crippen LogP contribution in [0.15, 0.2) is 28.1 Å². The normalized spacial score (nSPS) is 13.2. The van der Waals surface area contributed by atoms with Crippen molar-refractivity contribution in [3.05, 3.63) is 23.1 Å². The van der Waals surface area contributed by atoms with Gasteiger partial charge in [-0.15, -0.1) is 11.8 Å². The summed E-state index contributed by atoms with van der Waals surface area (Å²) in [4.78, 5) is 12.9. The first kappa shape index (κ1) is 9.97. The van der Waals surface area contributed by atoms with Crippen LogP contribution in [0.3, 0.4) is 0 Å². The van der Waals surface area contributed by atoms with Crippen molar-refractivity contribution in [2.45, 2.75) is 6.92 Å². The second kappa shape index (κ2) is 7.08. The van der Waals surface area contributed by atoms with Crippen molar-refractivity contribution >= 4 is 23.9 Å². The summed E-state index contributed by atoms with van der Waals surface area (Å²) in [5, 5.41) is 11.3. The predicted molar refractivity (Wildman–Crippen MR) is 47.7 cm³/mol. The van der Waals surface area contributed by atoms with Gasteiger partial charge < -0.3 is 5.11 Å². The highest BCUT2D eigenvalue weighted by Crippen LogP contribution is 2.04. The fraction of sp³-hybridized carbons (Fsp3) is 0.143. The first-order chi connectivity index (χ1) is 5.23. The van der Waals surface area contributed by atoms with E-state index in [-0.39, 0.29) is 0 Å².